The zero-order valence-corrected chi connectivity index (χ0v) is 23.2. The molecule has 0 bridgehead atoms. The predicted octanol–water partition coefficient (Wildman–Crippen LogP) is 4.41. The standard InChI is InChI=1S/C28H39N5O3S/c1-19(2)32-25(26(34)31-15-20-9-8-12-29-14-20)18-37-17-22(33-27(35)36-28(3,4)5)13-21-16-30-24-11-7-6-10-23(21)24/h6-12,14,16,19,22,25,30,32H,13,15,17-18H2,1-5H3,(H,31,34)(H,33,35)/t22-,25-/m0/s1. The molecule has 200 valence electrons. The number of nitrogens with one attached hydrogen (secondary N) is 4. The highest BCUT2D eigenvalue weighted by atomic mass is 32.2. The lowest BCUT2D eigenvalue weighted by molar-refractivity contribution is -0.122. The van der Waals surface area contributed by atoms with Crippen LogP contribution in [-0.4, -0.2) is 57.2 Å². The number of para-hydroxylation sites is 1. The molecule has 0 aliphatic carbocycles. The first kappa shape index (κ1) is 28.5. The average Bonchev–Trinajstić information content (AvgIpc) is 3.24. The second-order valence-electron chi connectivity index (χ2n) is 10.4. The Morgan fingerprint density at radius 3 is 2.59 bits per heavy atom. The van der Waals surface area contributed by atoms with E-state index in [4.69, 9.17) is 4.74 Å². The van der Waals surface area contributed by atoms with E-state index >= 15 is 0 Å². The molecule has 3 aromatic rings. The quantitative estimate of drug-likeness (QED) is 0.279. The Kier molecular flexibility index (Phi) is 10.4. The van der Waals surface area contributed by atoms with Crippen LogP contribution in [0.5, 0.6) is 0 Å². The molecule has 8 nitrogen and oxygen atoms in total. The van der Waals surface area contributed by atoms with E-state index in [1.54, 1.807) is 24.2 Å². The third-order valence-corrected chi connectivity index (χ3v) is 6.71. The van der Waals surface area contributed by atoms with E-state index < -0.39 is 11.7 Å². The van der Waals surface area contributed by atoms with Crippen LogP contribution in [0, 0.1) is 0 Å². The fraction of sp³-hybridized carbons (Fsp3) is 0.464. The molecule has 2 amide bonds. The Bertz CT molecular complexity index is 1140. The summed E-state index contributed by atoms with van der Waals surface area (Å²) in [7, 11) is 0. The number of pyridine rings is 1. The third-order valence-electron chi connectivity index (χ3n) is 5.51. The Morgan fingerprint density at radius 2 is 1.89 bits per heavy atom. The van der Waals surface area contributed by atoms with Crippen LogP contribution in [0.1, 0.15) is 45.7 Å². The Morgan fingerprint density at radius 1 is 1.11 bits per heavy atom. The van der Waals surface area contributed by atoms with Gasteiger partial charge in [0.2, 0.25) is 5.91 Å². The topological polar surface area (TPSA) is 108 Å². The second-order valence-corrected chi connectivity index (χ2v) is 11.5. The lowest BCUT2D eigenvalue weighted by atomic mass is 10.1. The molecule has 2 heterocycles. The van der Waals surface area contributed by atoms with E-state index in [-0.39, 0.29) is 24.0 Å². The molecule has 2 aromatic heterocycles. The van der Waals surface area contributed by atoms with Gasteiger partial charge < -0.3 is 25.7 Å². The summed E-state index contributed by atoms with van der Waals surface area (Å²) in [5.74, 6) is 1.14. The van der Waals surface area contributed by atoms with E-state index in [1.807, 2.05) is 71.1 Å². The van der Waals surface area contributed by atoms with Crippen LogP contribution >= 0.6 is 11.8 Å². The molecule has 9 heteroatoms. The van der Waals surface area contributed by atoms with Gasteiger partial charge in [-0.2, -0.15) is 11.8 Å². The van der Waals surface area contributed by atoms with Crippen LogP contribution in [0.25, 0.3) is 10.9 Å². The lowest BCUT2D eigenvalue weighted by Gasteiger charge is -2.25. The van der Waals surface area contributed by atoms with Crippen LogP contribution in [0.3, 0.4) is 0 Å². The van der Waals surface area contributed by atoms with Gasteiger partial charge in [0.25, 0.3) is 0 Å². The van der Waals surface area contributed by atoms with E-state index in [9.17, 15) is 9.59 Å². The summed E-state index contributed by atoms with van der Waals surface area (Å²) in [6.07, 6.45) is 5.66. The summed E-state index contributed by atoms with van der Waals surface area (Å²) in [6.45, 7) is 10.0. The predicted molar refractivity (Wildman–Crippen MR) is 151 cm³/mol. The molecule has 0 aliphatic rings. The molecule has 0 aliphatic heterocycles. The minimum Gasteiger partial charge on any atom is -0.444 e. The van der Waals surface area contributed by atoms with Crippen molar-refractivity contribution >= 4 is 34.7 Å². The maximum Gasteiger partial charge on any atom is 0.407 e. The highest BCUT2D eigenvalue weighted by Crippen LogP contribution is 2.21. The molecule has 1 aromatic carbocycles. The molecule has 0 fully saturated rings. The minimum atomic E-state index is -0.582. The minimum absolute atomic E-state index is 0.0571. The number of ether oxygens (including phenoxy) is 1. The molecule has 3 rings (SSSR count). The van der Waals surface area contributed by atoms with Crippen LogP contribution in [-0.2, 0) is 22.5 Å². The van der Waals surface area contributed by atoms with E-state index in [0.29, 0.717) is 24.5 Å². The fourth-order valence-corrected chi connectivity index (χ4v) is 5.04. The maximum absolute atomic E-state index is 13.0. The van der Waals surface area contributed by atoms with E-state index in [0.717, 1.165) is 22.0 Å². The first-order chi connectivity index (χ1) is 17.6. The van der Waals surface area contributed by atoms with Crippen molar-refractivity contribution in [3.63, 3.8) is 0 Å². The first-order valence-electron chi connectivity index (χ1n) is 12.7. The summed E-state index contributed by atoms with van der Waals surface area (Å²) in [5, 5.41) is 10.6. The summed E-state index contributed by atoms with van der Waals surface area (Å²) >= 11 is 1.63. The highest BCUT2D eigenvalue weighted by Gasteiger charge is 2.23. The van der Waals surface area contributed by atoms with Crippen molar-refractivity contribution < 1.29 is 14.3 Å². The van der Waals surface area contributed by atoms with Gasteiger partial charge in [0.1, 0.15) is 5.60 Å². The lowest BCUT2D eigenvalue weighted by Crippen LogP contribution is -2.48. The summed E-state index contributed by atoms with van der Waals surface area (Å²) < 4.78 is 5.52. The molecule has 4 N–H and O–H groups in total. The molecule has 0 saturated carbocycles. The van der Waals surface area contributed by atoms with Crippen molar-refractivity contribution in [3.8, 4) is 0 Å². The molecule has 0 radical (unpaired) electrons. The Labute approximate surface area is 223 Å². The van der Waals surface area contributed by atoms with Gasteiger partial charge in [0, 0.05) is 59.6 Å². The molecule has 0 spiro atoms. The number of hydrogen-bond acceptors (Lipinski definition) is 6. The van der Waals surface area contributed by atoms with Gasteiger partial charge in [-0.15, -0.1) is 0 Å². The van der Waals surface area contributed by atoms with Crippen molar-refractivity contribution in [3.05, 3.63) is 66.1 Å². The van der Waals surface area contributed by atoms with Gasteiger partial charge in [-0.25, -0.2) is 4.79 Å². The second kappa shape index (κ2) is 13.5. The Hall–Kier alpha value is -3.04. The molecule has 37 heavy (non-hydrogen) atoms. The van der Waals surface area contributed by atoms with Crippen LogP contribution < -0.4 is 16.0 Å². The van der Waals surface area contributed by atoms with Gasteiger partial charge in [-0.3, -0.25) is 9.78 Å². The monoisotopic (exact) mass is 525 g/mol. The van der Waals surface area contributed by atoms with Gasteiger partial charge in [0.05, 0.1) is 6.04 Å². The zero-order chi connectivity index (χ0) is 26.8. The first-order valence-corrected chi connectivity index (χ1v) is 13.8. The van der Waals surface area contributed by atoms with Crippen LogP contribution in [0.2, 0.25) is 0 Å². The van der Waals surface area contributed by atoms with Gasteiger partial charge in [-0.05, 0) is 50.5 Å². The smallest absolute Gasteiger partial charge is 0.407 e. The third kappa shape index (κ3) is 9.74. The number of H-pyrrole nitrogens is 1. The number of nitrogens with zero attached hydrogens (tertiary/aromatic N) is 1. The number of hydrogen-bond donors (Lipinski definition) is 4. The molecular formula is C28H39N5O3S. The Balaban J connectivity index is 1.63. The molecule has 0 unspecified atom stereocenters. The van der Waals surface area contributed by atoms with Crippen molar-refractivity contribution in [2.24, 2.45) is 0 Å². The van der Waals surface area contributed by atoms with Gasteiger partial charge in [0.15, 0.2) is 0 Å². The summed E-state index contributed by atoms with van der Waals surface area (Å²) in [5.41, 5.74) is 2.56. The number of amides is 2. The largest absolute Gasteiger partial charge is 0.444 e. The fourth-order valence-electron chi connectivity index (χ4n) is 3.94. The van der Waals surface area contributed by atoms with Crippen molar-refractivity contribution in [1.29, 1.82) is 0 Å². The highest BCUT2D eigenvalue weighted by molar-refractivity contribution is 7.99. The van der Waals surface area contributed by atoms with Crippen molar-refractivity contribution in [2.45, 2.75) is 71.3 Å². The number of rotatable bonds is 12. The summed E-state index contributed by atoms with van der Waals surface area (Å²) in [4.78, 5) is 33.0. The number of aromatic nitrogens is 2. The van der Waals surface area contributed by atoms with Crippen molar-refractivity contribution in [1.82, 2.24) is 25.9 Å². The van der Waals surface area contributed by atoms with Gasteiger partial charge >= 0.3 is 6.09 Å². The molecule has 0 saturated heterocycles. The van der Waals surface area contributed by atoms with Crippen LogP contribution in [0.15, 0.2) is 55.0 Å². The number of benzene rings is 1. The SMILES string of the molecule is CC(C)N[C@@H](CSC[C@H](Cc1c[nH]c2ccccc12)NC(=O)OC(C)(C)C)C(=O)NCc1cccnc1. The van der Waals surface area contributed by atoms with Crippen LogP contribution in [0.4, 0.5) is 4.79 Å². The number of thioether (sulfide) groups is 1. The maximum atomic E-state index is 13.0. The summed E-state index contributed by atoms with van der Waals surface area (Å²) in [6, 6.07) is 11.5. The molecular weight excluding hydrogens is 486 g/mol. The van der Waals surface area contributed by atoms with E-state index in [2.05, 4.69) is 32.0 Å². The van der Waals surface area contributed by atoms with Crippen molar-refractivity contribution in [2.75, 3.05) is 11.5 Å². The number of carbonyl (C=O) groups excluding carboxylic acids is 2. The molecule has 2 atom stereocenters. The average molecular weight is 526 g/mol. The zero-order valence-electron chi connectivity index (χ0n) is 22.3. The van der Waals surface area contributed by atoms with Gasteiger partial charge in [-0.1, -0.05) is 38.1 Å². The van der Waals surface area contributed by atoms with E-state index in [1.165, 1.54) is 0 Å². The number of aromatic amines is 1. The number of fused-ring (bicyclic) bond motifs is 1. The number of alkyl carbamates (subject to hydrolysis) is 1. The normalized spacial score (nSPS) is 13.4. The number of carbonyl (C=O) groups is 2.